The predicted molar refractivity (Wildman–Crippen MR) is 93.3 cm³/mol. The second-order valence-corrected chi connectivity index (χ2v) is 6.71. The normalized spacial score (nSPS) is 13.2. The average Bonchev–Trinajstić information content (AvgIpc) is 2.46. The van der Waals surface area contributed by atoms with Gasteiger partial charge in [-0.1, -0.05) is 52.9 Å². The minimum atomic E-state index is -1.03. The number of carboxylic acid groups (broad SMARTS) is 1. The molecule has 1 atom stereocenters. The molecule has 1 unspecified atom stereocenters. The molecule has 0 rings (SSSR count). The number of carbonyl (C=O) groups is 2. The van der Waals surface area contributed by atoms with Crippen LogP contribution in [0.15, 0.2) is 11.6 Å². The molecule has 0 aromatic heterocycles. The maximum absolute atomic E-state index is 11.8. The topological polar surface area (TPSA) is 63.6 Å². The largest absolute Gasteiger partial charge is 0.478 e. The highest BCUT2D eigenvalue weighted by atomic mass is 16.5. The first-order chi connectivity index (χ1) is 10.9. The van der Waals surface area contributed by atoms with Crippen LogP contribution < -0.4 is 0 Å². The molecule has 0 fully saturated rings. The van der Waals surface area contributed by atoms with Crippen LogP contribution in [0.4, 0.5) is 0 Å². The van der Waals surface area contributed by atoms with Gasteiger partial charge in [-0.05, 0) is 38.5 Å². The Balaban J connectivity index is 4.01. The third-order valence-corrected chi connectivity index (χ3v) is 3.83. The fourth-order valence-corrected chi connectivity index (χ4v) is 2.38. The van der Waals surface area contributed by atoms with Gasteiger partial charge in [0.1, 0.15) is 0 Å². The van der Waals surface area contributed by atoms with E-state index < -0.39 is 11.9 Å². The first-order valence-corrected chi connectivity index (χ1v) is 9.01. The van der Waals surface area contributed by atoms with Crippen molar-refractivity contribution in [1.82, 2.24) is 0 Å². The van der Waals surface area contributed by atoms with Gasteiger partial charge in [-0.25, -0.2) is 9.59 Å². The molecule has 0 radical (unpaired) electrons. The van der Waals surface area contributed by atoms with E-state index in [1.165, 1.54) is 19.3 Å². The van der Waals surface area contributed by atoms with Crippen molar-refractivity contribution in [3.8, 4) is 0 Å². The summed E-state index contributed by atoms with van der Waals surface area (Å²) >= 11 is 0. The Morgan fingerprint density at radius 2 is 1.61 bits per heavy atom. The van der Waals surface area contributed by atoms with Crippen molar-refractivity contribution in [2.45, 2.75) is 91.6 Å². The second-order valence-electron chi connectivity index (χ2n) is 6.71. The average molecular weight is 326 g/mol. The lowest BCUT2D eigenvalue weighted by atomic mass is 10.0. The van der Waals surface area contributed by atoms with Gasteiger partial charge in [0.25, 0.3) is 0 Å². The van der Waals surface area contributed by atoms with Gasteiger partial charge in [0.15, 0.2) is 0 Å². The highest BCUT2D eigenvalue weighted by Gasteiger charge is 2.12. The lowest BCUT2D eigenvalue weighted by Gasteiger charge is -2.12. The van der Waals surface area contributed by atoms with Crippen LogP contribution in [0.2, 0.25) is 0 Å². The maximum Gasteiger partial charge on any atom is 0.331 e. The van der Waals surface area contributed by atoms with Crippen LogP contribution in [-0.2, 0) is 14.3 Å². The van der Waals surface area contributed by atoms with Crippen LogP contribution in [-0.4, -0.2) is 23.1 Å². The number of hydrogen-bond donors (Lipinski definition) is 1. The number of carboxylic acids is 1. The zero-order chi connectivity index (χ0) is 17.7. The van der Waals surface area contributed by atoms with Crippen molar-refractivity contribution < 1.29 is 19.4 Å². The van der Waals surface area contributed by atoms with Crippen LogP contribution in [0.5, 0.6) is 0 Å². The zero-order valence-corrected chi connectivity index (χ0v) is 15.3. The SMILES string of the molecule is CCCCC(=CC(=O)OC(C)CCCCCCC(C)C)C(=O)O. The van der Waals surface area contributed by atoms with Crippen molar-refractivity contribution in [2.24, 2.45) is 5.92 Å². The molecule has 0 bridgehead atoms. The lowest BCUT2D eigenvalue weighted by molar-refractivity contribution is -0.143. The molecule has 0 aliphatic rings. The Kier molecular flexibility index (Phi) is 12.4. The Hall–Kier alpha value is -1.32. The van der Waals surface area contributed by atoms with E-state index in [-0.39, 0.29) is 11.7 Å². The van der Waals surface area contributed by atoms with E-state index in [9.17, 15) is 9.59 Å². The standard InChI is InChI=1S/C19H34O4/c1-5-6-13-17(19(21)22)14-18(20)23-16(4)12-10-8-7-9-11-15(2)3/h14-16H,5-13H2,1-4H3,(H,21,22). The third-order valence-electron chi connectivity index (χ3n) is 3.83. The van der Waals surface area contributed by atoms with Gasteiger partial charge >= 0.3 is 11.9 Å². The van der Waals surface area contributed by atoms with Crippen molar-refractivity contribution in [3.63, 3.8) is 0 Å². The van der Waals surface area contributed by atoms with Crippen molar-refractivity contribution >= 4 is 11.9 Å². The van der Waals surface area contributed by atoms with E-state index in [1.54, 1.807) is 0 Å². The summed E-state index contributed by atoms with van der Waals surface area (Å²) in [6, 6.07) is 0. The van der Waals surface area contributed by atoms with Crippen LogP contribution in [0.1, 0.15) is 85.5 Å². The fraction of sp³-hybridized carbons (Fsp3) is 0.789. The molecule has 0 heterocycles. The summed E-state index contributed by atoms with van der Waals surface area (Å²) in [4.78, 5) is 22.9. The summed E-state index contributed by atoms with van der Waals surface area (Å²) in [6.45, 7) is 8.33. The Morgan fingerprint density at radius 3 is 2.13 bits per heavy atom. The number of hydrogen-bond acceptors (Lipinski definition) is 3. The minimum Gasteiger partial charge on any atom is -0.478 e. The Morgan fingerprint density at radius 1 is 1.00 bits per heavy atom. The molecule has 4 nitrogen and oxygen atoms in total. The number of aliphatic carboxylic acids is 1. The molecule has 0 aromatic carbocycles. The van der Waals surface area contributed by atoms with Gasteiger partial charge in [-0.15, -0.1) is 0 Å². The van der Waals surface area contributed by atoms with E-state index in [0.29, 0.717) is 6.42 Å². The lowest BCUT2D eigenvalue weighted by Crippen LogP contribution is -2.14. The molecular weight excluding hydrogens is 292 g/mol. The van der Waals surface area contributed by atoms with Gasteiger partial charge in [0.05, 0.1) is 6.10 Å². The van der Waals surface area contributed by atoms with Crippen LogP contribution in [0.3, 0.4) is 0 Å². The van der Waals surface area contributed by atoms with Crippen molar-refractivity contribution in [3.05, 3.63) is 11.6 Å². The molecule has 23 heavy (non-hydrogen) atoms. The summed E-state index contributed by atoms with van der Waals surface area (Å²) in [5, 5.41) is 9.07. The monoisotopic (exact) mass is 326 g/mol. The maximum atomic E-state index is 11.8. The molecule has 4 heteroatoms. The van der Waals surface area contributed by atoms with E-state index in [4.69, 9.17) is 9.84 Å². The second kappa shape index (κ2) is 13.1. The number of esters is 1. The summed E-state index contributed by atoms with van der Waals surface area (Å²) in [7, 11) is 0. The molecule has 0 spiro atoms. The Bertz CT molecular complexity index is 372. The zero-order valence-electron chi connectivity index (χ0n) is 15.3. The highest BCUT2D eigenvalue weighted by molar-refractivity contribution is 5.95. The van der Waals surface area contributed by atoms with Gasteiger partial charge in [-0.2, -0.15) is 0 Å². The van der Waals surface area contributed by atoms with Crippen molar-refractivity contribution in [2.75, 3.05) is 0 Å². The van der Waals surface area contributed by atoms with Crippen LogP contribution in [0, 0.1) is 5.92 Å². The predicted octanol–water partition coefficient (Wildman–Crippen LogP) is 5.12. The summed E-state index contributed by atoms with van der Waals surface area (Å²) < 4.78 is 5.28. The number of unbranched alkanes of at least 4 members (excludes halogenated alkanes) is 4. The highest BCUT2D eigenvalue weighted by Crippen LogP contribution is 2.13. The first-order valence-electron chi connectivity index (χ1n) is 9.01. The number of rotatable bonds is 13. The van der Waals surface area contributed by atoms with Gasteiger partial charge in [0.2, 0.25) is 0 Å². The minimum absolute atomic E-state index is 0.137. The van der Waals surface area contributed by atoms with Gasteiger partial charge in [-0.3, -0.25) is 0 Å². The summed E-state index contributed by atoms with van der Waals surface area (Å²) in [5.41, 5.74) is 0.137. The molecule has 0 aliphatic heterocycles. The molecule has 0 aliphatic carbocycles. The first kappa shape index (κ1) is 21.7. The molecule has 0 saturated heterocycles. The quantitative estimate of drug-likeness (QED) is 0.290. The third kappa shape index (κ3) is 12.9. The molecule has 0 saturated carbocycles. The van der Waals surface area contributed by atoms with Gasteiger partial charge < -0.3 is 9.84 Å². The van der Waals surface area contributed by atoms with Crippen molar-refractivity contribution in [1.29, 1.82) is 0 Å². The molecule has 0 aromatic rings. The molecule has 134 valence electrons. The van der Waals surface area contributed by atoms with Crippen LogP contribution in [0.25, 0.3) is 0 Å². The number of ether oxygens (including phenoxy) is 1. The van der Waals surface area contributed by atoms with E-state index in [1.807, 2.05) is 13.8 Å². The molecular formula is C19H34O4. The van der Waals surface area contributed by atoms with Gasteiger partial charge in [0, 0.05) is 11.6 Å². The van der Waals surface area contributed by atoms with E-state index in [0.717, 1.165) is 44.1 Å². The van der Waals surface area contributed by atoms with E-state index in [2.05, 4.69) is 13.8 Å². The molecule has 1 N–H and O–H groups in total. The number of carbonyl (C=O) groups excluding carboxylic acids is 1. The van der Waals surface area contributed by atoms with Crippen LogP contribution >= 0.6 is 0 Å². The van der Waals surface area contributed by atoms with E-state index >= 15 is 0 Å². The summed E-state index contributed by atoms with van der Waals surface area (Å²) in [5.74, 6) is -0.808. The smallest absolute Gasteiger partial charge is 0.331 e. The molecule has 0 amide bonds. The fourth-order valence-electron chi connectivity index (χ4n) is 2.38. The summed E-state index contributed by atoms with van der Waals surface area (Å²) in [6.07, 6.45) is 9.81. The Labute approximate surface area is 141 Å².